The number of hydrogen-bond donors (Lipinski definition) is 2. The lowest BCUT2D eigenvalue weighted by atomic mass is 10.0. The van der Waals surface area contributed by atoms with Gasteiger partial charge in [-0.3, -0.25) is 9.69 Å². The highest BCUT2D eigenvalue weighted by atomic mass is 16.5. The Labute approximate surface area is 137 Å². The van der Waals surface area contributed by atoms with E-state index in [0.29, 0.717) is 19.1 Å². The number of carbonyl (C=O) groups is 1. The summed E-state index contributed by atoms with van der Waals surface area (Å²) in [5.41, 5.74) is 1.88. The molecule has 0 aromatic heterocycles. The quantitative estimate of drug-likeness (QED) is 0.856. The van der Waals surface area contributed by atoms with Gasteiger partial charge in [0.2, 0.25) is 0 Å². The molecular formula is C18H26N2O3. The number of aryl methyl sites for hydroxylation is 1. The van der Waals surface area contributed by atoms with Crippen LogP contribution in [0.15, 0.2) is 24.3 Å². The van der Waals surface area contributed by atoms with Crippen molar-refractivity contribution in [1.29, 1.82) is 0 Å². The smallest absolute Gasteiger partial charge is 0.251 e. The minimum Gasteiger partial charge on any atom is -0.396 e. The molecule has 2 heterocycles. The van der Waals surface area contributed by atoms with Crippen molar-refractivity contribution in [2.24, 2.45) is 0 Å². The molecule has 2 aliphatic heterocycles. The van der Waals surface area contributed by atoms with Crippen molar-refractivity contribution in [3.05, 3.63) is 35.4 Å². The summed E-state index contributed by atoms with van der Waals surface area (Å²) in [5.74, 6) is 0.0279. The Morgan fingerprint density at radius 3 is 3.00 bits per heavy atom. The summed E-state index contributed by atoms with van der Waals surface area (Å²) in [6.07, 6.45) is 2.60. The van der Waals surface area contributed by atoms with Crippen molar-refractivity contribution < 1.29 is 14.6 Å². The predicted octanol–water partition coefficient (Wildman–Crippen LogP) is 1.20. The first-order valence-electron chi connectivity index (χ1n) is 8.56. The molecule has 0 saturated carbocycles. The maximum atomic E-state index is 12.6. The number of benzene rings is 1. The first-order chi connectivity index (χ1) is 11.2. The first kappa shape index (κ1) is 16.4. The van der Waals surface area contributed by atoms with Gasteiger partial charge in [-0.1, -0.05) is 25.1 Å². The van der Waals surface area contributed by atoms with Crippen LogP contribution in [0.3, 0.4) is 0 Å². The second-order valence-electron chi connectivity index (χ2n) is 6.49. The van der Waals surface area contributed by atoms with Gasteiger partial charge in [0.25, 0.3) is 5.91 Å². The molecule has 2 fully saturated rings. The Balaban J connectivity index is 1.58. The fraction of sp³-hybridized carbons (Fsp3) is 0.611. The van der Waals surface area contributed by atoms with E-state index in [9.17, 15) is 4.79 Å². The molecule has 2 aliphatic rings. The van der Waals surface area contributed by atoms with Crippen LogP contribution in [0.25, 0.3) is 0 Å². The SMILES string of the molecule is CCc1ccccc1C(=O)N[C@H]1C[C@H]2CO[C@@H](CCO)CN2C1. The fourth-order valence-corrected chi connectivity index (χ4v) is 3.68. The molecule has 2 saturated heterocycles. The van der Waals surface area contributed by atoms with Crippen LogP contribution in [-0.4, -0.2) is 60.4 Å². The minimum atomic E-state index is 0.0279. The maximum Gasteiger partial charge on any atom is 0.251 e. The van der Waals surface area contributed by atoms with Gasteiger partial charge in [-0.15, -0.1) is 0 Å². The van der Waals surface area contributed by atoms with Crippen LogP contribution in [0, 0.1) is 0 Å². The molecule has 0 aliphatic carbocycles. The number of hydrogen-bond acceptors (Lipinski definition) is 4. The van der Waals surface area contributed by atoms with E-state index in [2.05, 4.69) is 17.1 Å². The highest BCUT2D eigenvalue weighted by Crippen LogP contribution is 2.24. The number of fused-ring (bicyclic) bond motifs is 1. The third-order valence-corrected chi connectivity index (χ3v) is 4.92. The highest BCUT2D eigenvalue weighted by molar-refractivity contribution is 5.95. The Kier molecular flexibility index (Phi) is 5.30. The second-order valence-corrected chi connectivity index (χ2v) is 6.49. The van der Waals surface area contributed by atoms with E-state index in [1.165, 1.54) is 0 Å². The van der Waals surface area contributed by atoms with E-state index in [-0.39, 0.29) is 24.7 Å². The molecule has 126 valence electrons. The first-order valence-corrected chi connectivity index (χ1v) is 8.56. The van der Waals surface area contributed by atoms with Crippen LogP contribution in [0.5, 0.6) is 0 Å². The zero-order valence-corrected chi connectivity index (χ0v) is 13.7. The van der Waals surface area contributed by atoms with Gasteiger partial charge in [0.05, 0.1) is 12.7 Å². The van der Waals surface area contributed by atoms with Crippen molar-refractivity contribution in [3.8, 4) is 0 Å². The third kappa shape index (κ3) is 3.74. The van der Waals surface area contributed by atoms with Gasteiger partial charge in [0.15, 0.2) is 0 Å². The van der Waals surface area contributed by atoms with Crippen molar-refractivity contribution in [3.63, 3.8) is 0 Å². The van der Waals surface area contributed by atoms with Gasteiger partial charge in [-0.2, -0.15) is 0 Å². The third-order valence-electron chi connectivity index (χ3n) is 4.92. The van der Waals surface area contributed by atoms with Gasteiger partial charge in [0, 0.05) is 37.3 Å². The number of carbonyl (C=O) groups excluding carboxylic acids is 1. The second kappa shape index (κ2) is 7.43. The molecule has 0 unspecified atom stereocenters. The molecule has 3 atom stereocenters. The zero-order valence-electron chi connectivity index (χ0n) is 13.7. The number of morpholine rings is 1. The highest BCUT2D eigenvalue weighted by Gasteiger charge is 2.37. The molecular weight excluding hydrogens is 292 g/mol. The molecule has 5 nitrogen and oxygen atoms in total. The fourth-order valence-electron chi connectivity index (χ4n) is 3.68. The lowest BCUT2D eigenvalue weighted by Crippen LogP contribution is -2.46. The molecule has 23 heavy (non-hydrogen) atoms. The van der Waals surface area contributed by atoms with Gasteiger partial charge in [-0.25, -0.2) is 0 Å². The Morgan fingerprint density at radius 2 is 2.22 bits per heavy atom. The van der Waals surface area contributed by atoms with Crippen LogP contribution in [0.2, 0.25) is 0 Å². The zero-order chi connectivity index (χ0) is 16.2. The van der Waals surface area contributed by atoms with Gasteiger partial charge in [0.1, 0.15) is 0 Å². The van der Waals surface area contributed by atoms with Crippen LogP contribution >= 0.6 is 0 Å². The molecule has 1 amide bonds. The lowest BCUT2D eigenvalue weighted by molar-refractivity contribution is -0.0566. The number of amides is 1. The van der Waals surface area contributed by atoms with E-state index in [1.807, 2.05) is 24.3 Å². The summed E-state index contributed by atoms with van der Waals surface area (Å²) >= 11 is 0. The van der Waals surface area contributed by atoms with E-state index in [0.717, 1.165) is 37.1 Å². The predicted molar refractivity (Wildman–Crippen MR) is 88.5 cm³/mol. The number of rotatable bonds is 5. The van der Waals surface area contributed by atoms with E-state index in [4.69, 9.17) is 9.84 Å². The number of ether oxygens (including phenoxy) is 1. The molecule has 2 N–H and O–H groups in total. The summed E-state index contributed by atoms with van der Waals surface area (Å²) in [6.45, 7) is 4.65. The summed E-state index contributed by atoms with van der Waals surface area (Å²) in [6, 6.07) is 8.37. The van der Waals surface area contributed by atoms with Gasteiger partial charge in [-0.05, 0) is 30.9 Å². The molecule has 1 aromatic carbocycles. The van der Waals surface area contributed by atoms with Crippen LogP contribution in [0.4, 0.5) is 0 Å². The van der Waals surface area contributed by atoms with Crippen molar-refractivity contribution in [1.82, 2.24) is 10.2 Å². The molecule has 5 heteroatoms. The standard InChI is InChI=1S/C18H26N2O3/c1-2-13-5-3-4-6-17(13)18(22)19-14-9-15-12-23-16(7-8-21)11-20(15)10-14/h3-6,14-16,21H,2,7-12H2,1H3,(H,19,22)/t14-,15-,16-/m0/s1. The van der Waals surface area contributed by atoms with Crippen molar-refractivity contribution in [2.75, 3.05) is 26.3 Å². The minimum absolute atomic E-state index is 0.0279. The van der Waals surface area contributed by atoms with Gasteiger partial charge >= 0.3 is 0 Å². The van der Waals surface area contributed by atoms with Crippen LogP contribution in [-0.2, 0) is 11.2 Å². The molecule has 1 aromatic rings. The Hall–Kier alpha value is -1.43. The summed E-state index contributed by atoms with van der Waals surface area (Å²) in [4.78, 5) is 14.9. The molecule has 0 radical (unpaired) electrons. The van der Waals surface area contributed by atoms with E-state index in [1.54, 1.807) is 0 Å². The number of nitrogens with zero attached hydrogens (tertiary/aromatic N) is 1. The molecule has 0 spiro atoms. The van der Waals surface area contributed by atoms with Gasteiger partial charge < -0.3 is 15.2 Å². The van der Waals surface area contributed by atoms with Crippen molar-refractivity contribution >= 4 is 5.91 Å². The Bertz CT molecular complexity index is 549. The van der Waals surface area contributed by atoms with E-state index >= 15 is 0 Å². The summed E-state index contributed by atoms with van der Waals surface area (Å²) < 4.78 is 5.79. The summed E-state index contributed by atoms with van der Waals surface area (Å²) in [5, 5.41) is 12.2. The number of aliphatic hydroxyl groups excluding tert-OH is 1. The normalized spacial score (nSPS) is 27.7. The average Bonchev–Trinajstić information content (AvgIpc) is 2.96. The Morgan fingerprint density at radius 1 is 1.39 bits per heavy atom. The maximum absolute atomic E-state index is 12.6. The monoisotopic (exact) mass is 318 g/mol. The lowest BCUT2D eigenvalue weighted by Gasteiger charge is -2.34. The molecule has 0 bridgehead atoms. The molecule has 3 rings (SSSR count). The van der Waals surface area contributed by atoms with Crippen LogP contribution < -0.4 is 5.32 Å². The number of nitrogens with one attached hydrogen (secondary N) is 1. The van der Waals surface area contributed by atoms with E-state index < -0.39 is 0 Å². The van der Waals surface area contributed by atoms with Crippen LogP contribution in [0.1, 0.15) is 35.7 Å². The number of aliphatic hydroxyl groups is 1. The largest absolute Gasteiger partial charge is 0.396 e. The topological polar surface area (TPSA) is 61.8 Å². The summed E-state index contributed by atoms with van der Waals surface area (Å²) in [7, 11) is 0. The van der Waals surface area contributed by atoms with Crippen molar-refractivity contribution in [2.45, 2.75) is 44.4 Å². The average molecular weight is 318 g/mol.